The third-order valence-corrected chi connectivity index (χ3v) is 5.16. The van der Waals surface area contributed by atoms with Gasteiger partial charge in [-0.3, -0.25) is 4.79 Å². The molecule has 2 atom stereocenters. The first kappa shape index (κ1) is 16.8. The molecule has 2 aliphatic rings. The molecule has 1 aliphatic carbocycles. The molecule has 22 heavy (non-hydrogen) atoms. The topological polar surface area (TPSA) is 77.0 Å². The Morgan fingerprint density at radius 2 is 2.05 bits per heavy atom. The third-order valence-electron chi connectivity index (χ3n) is 4.24. The standard InChI is InChI=1S/C17H21N3OS/c1-10(2)14-11(9-19)16(22-6-5-18)20-12-7-17(3,4)8-13(21)15(12)14/h10-11,14H,6-8H2,1-4H3/t11?,14-/m0/s1. The van der Waals surface area contributed by atoms with Crippen molar-refractivity contribution in [3.63, 3.8) is 0 Å². The Hall–Kier alpha value is -1.59. The van der Waals surface area contributed by atoms with Gasteiger partial charge in [0, 0.05) is 23.6 Å². The molecule has 0 fully saturated rings. The number of thioether (sulfide) groups is 1. The van der Waals surface area contributed by atoms with Crippen LogP contribution in [0.1, 0.15) is 40.5 Å². The van der Waals surface area contributed by atoms with Crippen molar-refractivity contribution in [1.82, 2.24) is 0 Å². The van der Waals surface area contributed by atoms with Gasteiger partial charge in [-0.2, -0.15) is 10.5 Å². The van der Waals surface area contributed by atoms with Crippen LogP contribution in [0.3, 0.4) is 0 Å². The van der Waals surface area contributed by atoms with E-state index < -0.39 is 5.92 Å². The van der Waals surface area contributed by atoms with Gasteiger partial charge in [-0.25, -0.2) is 4.99 Å². The highest BCUT2D eigenvalue weighted by Crippen LogP contribution is 2.47. The number of ketones is 1. The van der Waals surface area contributed by atoms with Crippen molar-refractivity contribution in [2.45, 2.75) is 40.5 Å². The Labute approximate surface area is 136 Å². The predicted octanol–water partition coefficient (Wildman–Crippen LogP) is 3.71. The number of allylic oxidation sites excluding steroid dienone is 2. The lowest BCUT2D eigenvalue weighted by Crippen LogP contribution is -2.38. The number of Topliss-reactive ketones (excluding diaryl/α,β-unsaturated/α-hetero) is 1. The highest BCUT2D eigenvalue weighted by atomic mass is 32.2. The van der Waals surface area contributed by atoms with Gasteiger partial charge in [0.1, 0.15) is 5.92 Å². The molecular formula is C17H21N3OS. The average molecular weight is 315 g/mol. The number of hydrogen-bond acceptors (Lipinski definition) is 5. The van der Waals surface area contributed by atoms with Gasteiger partial charge < -0.3 is 0 Å². The van der Waals surface area contributed by atoms with Crippen LogP contribution in [0.5, 0.6) is 0 Å². The SMILES string of the molecule is CC(C)[C@@H]1C2=C(CC(C)(C)CC2=O)N=C(SCC#N)C1C#N. The summed E-state index contributed by atoms with van der Waals surface area (Å²) in [6.07, 6.45) is 1.27. The smallest absolute Gasteiger partial charge is 0.161 e. The zero-order chi connectivity index (χ0) is 16.5. The highest BCUT2D eigenvalue weighted by molar-refractivity contribution is 8.14. The second-order valence-corrected chi connectivity index (χ2v) is 8.07. The van der Waals surface area contributed by atoms with Crippen LogP contribution in [0.25, 0.3) is 0 Å². The van der Waals surface area contributed by atoms with Crippen molar-refractivity contribution in [3.8, 4) is 12.1 Å². The first-order chi connectivity index (χ1) is 10.3. The van der Waals surface area contributed by atoms with Crippen molar-refractivity contribution in [2.75, 3.05) is 5.75 Å². The number of rotatable bonds is 2. The maximum absolute atomic E-state index is 12.6. The summed E-state index contributed by atoms with van der Waals surface area (Å²) in [7, 11) is 0. The largest absolute Gasteiger partial charge is 0.294 e. The quantitative estimate of drug-likeness (QED) is 0.778. The molecule has 0 N–H and O–H groups in total. The van der Waals surface area contributed by atoms with Crippen molar-refractivity contribution >= 4 is 22.6 Å². The Balaban J connectivity index is 2.54. The third kappa shape index (κ3) is 3.10. The lowest BCUT2D eigenvalue weighted by atomic mass is 9.67. The normalized spacial score (nSPS) is 27.0. The molecule has 1 aliphatic heterocycles. The summed E-state index contributed by atoms with van der Waals surface area (Å²) in [4.78, 5) is 17.3. The summed E-state index contributed by atoms with van der Waals surface area (Å²) in [6, 6.07) is 4.41. The lowest BCUT2D eigenvalue weighted by molar-refractivity contribution is -0.119. The molecule has 1 heterocycles. The zero-order valence-electron chi connectivity index (χ0n) is 13.5. The zero-order valence-corrected chi connectivity index (χ0v) is 14.3. The Kier molecular flexibility index (Phi) is 4.78. The van der Waals surface area contributed by atoms with Crippen LogP contribution in [-0.2, 0) is 4.79 Å². The number of nitrogens with zero attached hydrogens (tertiary/aromatic N) is 3. The maximum Gasteiger partial charge on any atom is 0.161 e. The maximum atomic E-state index is 12.6. The number of nitriles is 2. The van der Waals surface area contributed by atoms with Crippen molar-refractivity contribution in [2.24, 2.45) is 28.2 Å². The van der Waals surface area contributed by atoms with E-state index in [1.165, 1.54) is 11.8 Å². The fourth-order valence-electron chi connectivity index (χ4n) is 3.38. The van der Waals surface area contributed by atoms with E-state index >= 15 is 0 Å². The average Bonchev–Trinajstić information content (AvgIpc) is 2.41. The van der Waals surface area contributed by atoms with Crippen LogP contribution in [-0.4, -0.2) is 16.6 Å². The van der Waals surface area contributed by atoms with Crippen LogP contribution in [0, 0.1) is 45.8 Å². The van der Waals surface area contributed by atoms with Crippen molar-refractivity contribution in [1.29, 1.82) is 10.5 Å². The minimum absolute atomic E-state index is 0.0918. The van der Waals surface area contributed by atoms with Crippen LogP contribution < -0.4 is 0 Å². The molecule has 116 valence electrons. The molecule has 0 amide bonds. The fraction of sp³-hybridized carbons (Fsp3) is 0.647. The first-order valence-electron chi connectivity index (χ1n) is 7.55. The molecule has 0 aromatic heterocycles. The van der Waals surface area contributed by atoms with Gasteiger partial charge in [-0.15, -0.1) is 0 Å². The molecular weight excluding hydrogens is 294 g/mol. The van der Waals surface area contributed by atoms with E-state index in [2.05, 4.69) is 31.0 Å². The van der Waals surface area contributed by atoms with E-state index in [0.717, 1.165) is 17.7 Å². The number of hydrogen-bond donors (Lipinski definition) is 0. The van der Waals surface area contributed by atoms with Gasteiger partial charge >= 0.3 is 0 Å². The molecule has 4 nitrogen and oxygen atoms in total. The summed E-state index contributed by atoms with van der Waals surface area (Å²) >= 11 is 1.33. The molecule has 0 spiro atoms. The van der Waals surface area contributed by atoms with Crippen LogP contribution in [0.2, 0.25) is 0 Å². The van der Waals surface area contributed by atoms with Crippen molar-refractivity contribution in [3.05, 3.63) is 11.3 Å². The molecule has 0 saturated carbocycles. The van der Waals surface area contributed by atoms with Gasteiger partial charge in [-0.05, 0) is 17.8 Å². The van der Waals surface area contributed by atoms with Crippen LogP contribution in [0.15, 0.2) is 16.3 Å². The number of aliphatic imine (C=N–C) groups is 1. The summed E-state index contributed by atoms with van der Waals surface area (Å²) < 4.78 is 0. The molecule has 0 bridgehead atoms. The molecule has 0 aromatic carbocycles. The molecule has 5 heteroatoms. The highest BCUT2D eigenvalue weighted by Gasteiger charge is 2.44. The fourth-order valence-corrected chi connectivity index (χ4v) is 4.15. The summed E-state index contributed by atoms with van der Waals surface area (Å²) in [5.74, 6) is 0.0812. The summed E-state index contributed by atoms with van der Waals surface area (Å²) in [6.45, 7) is 8.25. The van der Waals surface area contributed by atoms with Gasteiger partial charge in [0.05, 0.1) is 22.9 Å². The van der Waals surface area contributed by atoms with E-state index in [9.17, 15) is 10.1 Å². The summed E-state index contributed by atoms with van der Waals surface area (Å²) in [5.41, 5.74) is 1.51. The first-order valence-corrected chi connectivity index (χ1v) is 8.53. The minimum atomic E-state index is -0.415. The molecule has 1 unspecified atom stereocenters. The van der Waals surface area contributed by atoms with E-state index in [4.69, 9.17) is 5.26 Å². The monoisotopic (exact) mass is 315 g/mol. The van der Waals surface area contributed by atoms with E-state index in [-0.39, 0.29) is 28.8 Å². The second kappa shape index (κ2) is 6.26. The Bertz CT molecular complexity index is 631. The van der Waals surface area contributed by atoms with Gasteiger partial charge in [0.2, 0.25) is 0 Å². The molecule has 2 rings (SSSR count). The Morgan fingerprint density at radius 1 is 1.36 bits per heavy atom. The predicted molar refractivity (Wildman–Crippen MR) is 88.0 cm³/mol. The molecule has 0 aromatic rings. The lowest BCUT2D eigenvalue weighted by Gasteiger charge is -2.39. The van der Waals surface area contributed by atoms with E-state index in [1.54, 1.807) is 0 Å². The van der Waals surface area contributed by atoms with Gasteiger partial charge in [-0.1, -0.05) is 39.5 Å². The van der Waals surface area contributed by atoms with Gasteiger partial charge in [0.15, 0.2) is 5.78 Å². The van der Waals surface area contributed by atoms with Crippen molar-refractivity contribution < 1.29 is 4.79 Å². The number of carbonyl (C=O) groups excluding carboxylic acids is 1. The van der Waals surface area contributed by atoms with E-state index in [0.29, 0.717) is 11.5 Å². The summed E-state index contributed by atoms with van der Waals surface area (Å²) in [5, 5.41) is 19.1. The van der Waals surface area contributed by atoms with Crippen LogP contribution in [0.4, 0.5) is 0 Å². The minimum Gasteiger partial charge on any atom is -0.294 e. The molecule has 0 radical (unpaired) electrons. The number of carbonyl (C=O) groups is 1. The van der Waals surface area contributed by atoms with Gasteiger partial charge in [0.25, 0.3) is 0 Å². The Morgan fingerprint density at radius 3 is 2.59 bits per heavy atom. The van der Waals surface area contributed by atoms with Crippen LogP contribution >= 0.6 is 11.8 Å². The molecule has 0 saturated heterocycles. The van der Waals surface area contributed by atoms with E-state index in [1.807, 2.05) is 13.8 Å². The second-order valence-electron chi connectivity index (χ2n) is 7.07.